The number of methoxy groups -OCH3 is 1. The van der Waals surface area contributed by atoms with E-state index in [1.807, 2.05) is 0 Å². The number of ether oxygens (including phenoxy) is 1. The molecule has 0 aromatic heterocycles. The highest BCUT2D eigenvalue weighted by Gasteiger charge is 2.19. The molecular weight excluding hydrogens is 396 g/mol. The lowest BCUT2D eigenvalue weighted by molar-refractivity contribution is -0.264. The highest BCUT2D eigenvalue weighted by Crippen LogP contribution is 2.23. The van der Waals surface area contributed by atoms with Crippen LogP contribution < -0.4 is 14.5 Å². The van der Waals surface area contributed by atoms with E-state index >= 15 is 0 Å². The Balaban J connectivity index is 2.08. The molecule has 2 rings (SSSR count). The van der Waals surface area contributed by atoms with Crippen molar-refractivity contribution in [3.63, 3.8) is 0 Å². The number of carbonyl (C=O) groups is 1. The third-order valence-corrected chi connectivity index (χ3v) is 5.09. The smallest absolute Gasteiger partial charge is 0.441 e. The minimum absolute atomic E-state index is 0.124. The first kappa shape index (κ1) is 20.6. The molecule has 0 spiro atoms. The second kappa shape index (κ2) is 8.79. The van der Waals surface area contributed by atoms with Crippen LogP contribution in [-0.2, 0) is 14.8 Å². The molecule has 3 N–H and O–H groups in total. The predicted molar refractivity (Wildman–Crippen MR) is 95.6 cm³/mol. The molecule has 142 valence electrons. The topological polar surface area (TPSA) is 124 Å². The molecule has 10 heteroatoms. The molecule has 1 unspecified atom stereocenters. The quantitative estimate of drug-likeness (QED) is 0.432. The summed E-state index contributed by atoms with van der Waals surface area (Å²) in [7, 11) is -2.56. The summed E-state index contributed by atoms with van der Waals surface area (Å²) in [6, 6.07) is 9.77. The van der Waals surface area contributed by atoms with Gasteiger partial charge in [-0.05, 0) is 40.3 Å². The number of aliphatic hydroxyl groups excluding tert-OH is 1. The van der Waals surface area contributed by atoms with Crippen LogP contribution in [0.2, 0.25) is 5.02 Å². The van der Waals surface area contributed by atoms with E-state index in [-0.39, 0.29) is 17.0 Å². The van der Waals surface area contributed by atoms with Gasteiger partial charge in [0.1, 0.15) is 10.6 Å². The van der Waals surface area contributed by atoms with E-state index in [0.717, 1.165) is 6.08 Å². The van der Waals surface area contributed by atoms with Gasteiger partial charge in [-0.1, -0.05) is 23.7 Å². The van der Waals surface area contributed by atoms with Crippen LogP contribution in [0.15, 0.2) is 47.4 Å². The van der Waals surface area contributed by atoms with Crippen LogP contribution >= 0.6 is 11.6 Å². The minimum Gasteiger partial charge on any atom is -0.496 e. The van der Waals surface area contributed by atoms with E-state index in [0.29, 0.717) is 16.3 Å². The Morgan fingerprint density at radius 1 is 1.30 bits per heavy atom. The molecule has 0 aliphatic carbocycles. The first-order valence-corrected chi connectivity index (χ1v) is 9.43. The Bertz CT molecular complexity index is 985. The number of hydrogen-bond donors (Lipinski definition) is 3. The highest BCUT2D eigenvalue weighted by molar-refractivity contribution is 7.84. The van der Waals surface area contributed by atoms with Gasteiger partial charge < -0.3 is 15.2 Å². The molecule has 0 aliphatic heterocycles. The number of isocyanates is 1. The van der Waals surface area contributed by atoms with E-state index in [1.54, 1.807) is 16.5 Å². The van der Waals surface area contributed by atoms with Gasteiger partial charge in [0, 0.05) is 11.6 Å². The van der Waals surface area contributed by atoms with Gasteiger partial charge in [-0.2, -0.15) is 13.2 Å². The van der Waals surface area contributed by atoms with Gasteiger partial charge in [-0.3, -0.25) is 4.79 Å². The fourth-order valence-corrected chi connectivity index (χ4v) is 3.14. The Morgan fingerprint density at radius 3 is 2.56 bits per heavy atom. The van der Waals surface area contributed by atoms with E-state index in [1.165, 1.54) is 37.4 Å². The molecule has 2 aromatic carbocycles. The molecule has 2 aromatic rings. The Labute approximate surface area is 160 Å². The van der Waals surface area contributed by atoms with Gasteiger partial charge in [0.05, 0.1) is 18.8 Å². The first-order valence-electron chi connectivity index (χ1n) is 7.57. The van der Waals surface area contributed by atoms with Crippen LogP contribution in [0.3, 0.4) is 0 Å². The van der Waals surface area contributed by atoms with Crippen molar-refractivity contribution in [1.82, 2.24) is 5.32 Å². The Kier molecular flexibility index (Phi) is 6.70. The summed E-state index contributed by atoms with van der Waals surface area (Å²) in [5.74, 6) is -0.154. The molecule has 8 nitrogen and oxygen atoms in total. The summed E-state index contributed by atoms with van der Waals surface area (Å²) in [6.07, 6.45) is 0.0190. The highest BCUT2D eigenvalue weighted by atomic mass is 35.5. The lowest BCUT2D eigenvalue weighted by atomic mass is 10.1. The van der Waals surface area contributed by atoms with E-state index < -0.39 is 22.0 Å². The average Bonchev–Trinajstić information content (AvgIpc) is 2.65. The van der Waals surface area contributed by atoms with Crippen LogP contribution in [0.4, 0.5) is 0 Å². The maximum atomic E-state index is 12.3. The number of aliphatic hydroxyl groups is 1. The maximum absolute atomic E-state index is 12.3. The third-order valence-electron chi connectivity index (χ3n) is 3.61. The predicted octanol–water partition coefficient (Wildman–Crippen LogP) is -0.0829. The molecule has 0 saturated carbocycles. The van der Waals surface area contributed by atoms with Crippen molar-refractivity contribution in [2.45, 2.75) is 11.0 Å². The Morgan fingerprint density at radius 2 is 1.96 bits per heavy atom. The fraction of sp³-hybridized carbons (Fsp3) is 0.176. The van der Waals surface area contributed by atoms with Crippen LogP contribution in [0.1, 0.15) is 22.0 Å². The zero-order valence-electron chi connectivity index (χ0n) is 14.1. The summed E-state index contributed by atoms with van der Waals surface area (Å²) in [5, 5.41) is 13.1. The Hall–Kier alpha value is -2.71. The molecule has 1 amide bonds. The van der Waals surface area contributed by atoms with Gasteiger partial charge >= 0.3 is 16.1 Å². The third kappa shape index (κ3) is 5.15. The number of hydrogen-bond acceptors (Lipinski definition) is 6. The lowest BCUT2D eigenvalue weighted by Crippen LogP contribution is -2.71. The number of carbonyl (C=O) groups excluding carboxylic acids is 2. The van der Waals surface area contributed by atoms with E-state index in [9.17, 15) is 23.1 Å². The summed E-state index contributed by atoms with van der Waals surface area (Å²) >= 11 is 5.89. The van der Waals surface area contributed by atoms with Gasteiger partial charge in [0.15, 0.2) is 0 Å². The average molecular weight is 412 g/mol. The summed E-state index contributed by atoms with van der Waals surface area (Å²) in [6.45, 7) is -0.124. The van der Waals surface area contributed by atoms with Crippen LogP contribution in [0.5, 0.6) is 5.75 Å². The molecule has 0 saturated heterocycles. The van der Waals surface area contributed by atoms with Crippen LogP contribution in [0, 0.1) is 0 Å². The molecule has 1 atom stereocenters. The standard InChI is InChI=1S/C17H15ClN2O6S/c1-26-16-7-4-12(18)8-14(16)17(23)19-9-15(22)11-2-5-13(6-3-11)27(24,25)20-10-21/h2-8,15,22H,9H2,1H3,(H,19,23)/p+1. The van der Waals surface area contributed by atoms with Gasteiger partial charge in [-0.15, -0.1) is 0 Å². The summed E-state index contributed by atoms with van der Waals surface area (Å²) < 4.78 is 30.0. The van der Waals surface area contributed by atoms with Crippen molar-refractivity contribution >= 4 is 33.6 Å². The number of sulfonamides is 1. The van der Waals surface area contributed by atoms with Gasteiger partial charge in [-0.25, -0.2) is 0 Å². The second-order valence-corrected chi connectivity index (χ2v) is 7.47. The summed E-state index contributed by atoms with van der Waals surface area (Å²) in [5.41, 5.74) is 0.595. The molecular formula is C17H16ClN2O6S+. The van der Waals surface area contributed by atoms with Crippen LogP contribution in [0.25, 0.3) is 0 Å². The van der Waals surface area contributed by atoms with Gasteiger partial charge in [0.2, 0.25) is 0 Å². The van der Waals surface area contributed by atoms with Crippen LogP contribution in [-0.4, -0.2) is 39.2 Å². The van der Waals surface area contributed by atoms with E-state index in [2.05, 4.69) is 5.32 Å². The monoisotopic (exact) mass is 411 g/mol. The number of halogens is 1. The fourth-order valence-electron chi connectivity index (χ4n) is 2.24. The zero-order valence-corrected chi connectivity index (χ0v) is 15.7. The number of nitrogens with one attached hydrogen (secondary N) is 2. The maximum Gasteiger partial charge on any atom is 0.441 e. The largest absolute Gasteiger partial charge is 0.496 e. The summed E-state index contributed by atoms with van der Waals surface area (Å²) in [4.78, 5) is 22.3. The number of amides is 1. The zero-order chi connectivity index (χ0) is 20.0. The van der Waals surface area contributed by atoms with Crippen molar-refractivity contribution in [3.8, 4) is 5.75 Å². The number of benzene rings is 2. The number of rotatable bonds is 7. The molecule has 0 radical (unpaired) electrons. The van der Waals surface area contributed by atoms with Crippen molar-refractivity contribution in [2.75, 3.05) is 13.7 Å². The van der Waals surface area contributed by atoms with E-state index in [4.69, 9.17) is 16.3 Å². The van der Waals surface area contributed by atoms with Crippen molar-refractivity contribution in [1.29, 1.82) is 0 Å². The van der Waals surface area contributed by atoms with Crippen molar-refractivity contribution in [2.24, 2.45) is 0 Å². The lowest BCUT2D eigenvalue weighted by Gasteiger charge is -2.14. The first-order chi connectivity index (χ1) is 12.8. The second-order valence-electron chi connectivity index (χ2n) is 5.35. The molecule has 0 aliphatic rings. The van der Waals surface area contributed by atoms with Crippen molar-refractivity contribution < 1.29 is 32.2 Å². The molecule has 0 heterocycles. The SMILES string of the molecule is COc1ccc(Cl)cc1C(=O)NCC(O)c1ccc(S(=O)(=O)[NH+]=C=O)cc1. The van der Waals surface area contributed by atoms with Gasteiger partial charge in [0.25, 0.3) is 5.91 Å². The normalized spacial score (nSPS) is 12.0. The molecule has 0 fully saturated rings. The van der Waals surface area contributed by atoms with Crippen molar-refractivity contribution in [3.05, 3.63) is 58.6 Å². The molecule has 0 bridgehead atoms. The molecule has 27 heavy (non-hydrogen) atoms. The minimum atomic E-state index is -3.98.